The second kappa shape index (κ2) is 5.61. The van der Waals surface area contributed by atoms with Gasteiger partial charge in [0.05, 0.1) is 12.0 Å². The van der Waals surface area contributed by atoms with Crippen molar-refractivity contribution < 1.29 is 4.42 Å². The van der Waals surface area contributed by atoms with Crippen molar-refractivity contribution in [1.29, 1.82) is 0 Å². The predicted octanol–water partition coefficient (Wildman–Crippen LogP) is 3.88. The topological polar surface area (TPSA) is 52.0 Å². The average Bonchev–Trinajstić information content (AvgIpc) is 3.06. The number of aryl methyl sites for hydroxylation is 1. The third-order valence-corrected chi connectivity index (χ3v) is 4.29. The van der Waals surface area contributed by atoms with Crippen LogP contribution in [0.4, 0.5) is 0 Å². The van der Waals surface area contributed by atoms with Crippen LogP contribution in [-0.2, 0) is 6.42 Å². The Morgan fingerprint density at radius 3 is 2.65 bits per heavy atom. The normalized spacial score (nSPS) is 10.9. The van der Waals surface area contributed by atoms with Gasteiger partial charge >= 0.3 is 0 Å². The van der Waals surface area contributed by atoms with Gasteiger partial charge in [0.2, 0.25) is 0 Å². The lowest BCUT2D eigenvalue weighted by molar-refractivity contribution is 0.580. The first kappa shape index (κ1) is 13.1. The number of thiazole rings is 1. The van der Waals surface area contributed by atoms with Crippen LogP contribution >= 0.6 is 11.3 Å². The molecule has 2 N–H and O–H groups in total. The molecule has 2 heterocycles. The lowest BCUT2D eigenvalue weighted by Gasteiger charge is -2.00. The second-order valence-corrected chi connectivity index (χ2v) is 5.71. The number of nitrogens with two attached hydrogens (primary N) is 1. The monoisotopic (exact) mass is 284 g/mol. The molecule has 0 fully saturated rings. The van der Waals surface area contributed by atoms with Gasteiger partial charge in [-0.1, -0.05) is 30.3 Å². The third kappa shape index (κ3) is 2.40. The van der Waals surface area contributed by atoms with E-state index in [9.17, 15) is 0 Å². The summed E-state index contributed by atoms with van der Waals surface area (Å²) in [6.07, 6.45) is 2.54. The van der Waals surface area contributed by atoms with Crippen molar-refractivity contribution in [1.82, 2.24) is 4.98 Å². The second-order valence-electron chi connectivity index (χ2n) is 4.63. The van der Waals surface area contributed by atoms with Crippen LogP contribution in [-0.4, -0.2) is 11.5 Å². The highest BCUT2D eigenvalue weighted by molar-refractivity contribution is 7.15. The summed E-state index contributed by atoms with van der Waals surface area (Å²) in [5.74, 6) is 0.857. The summed E-state index contributed by atoms with van der Waals surface area (Å²) < 4.78 is 5.55. The van der Waals surface area contributed by atoms with E-state index in [0.717, 1.165) is 34.0 Å². The Labute approximate surface area is 122 Å². The zero-order valence-corrected chi connectivity index (χ0v) is 12.1. The van der Waals surface area contributed by atoms with Gasteiger partial charge in [-0.3, -0.25) is 0 Å². The summed E-state index contributed by atoms with van der Waals surface area (Å²) in [7, 11) is 0. The Kier molecular flexibility index (Phi) is 3.67. The lowest BCUT2D eigenvalue weighted by Crippen LogP contribution is -2.02. The number of aromatic nitrogens is 1. The number of benzene rings is 1. The smallest absolute Gasteiger partial charge is 0.165 e. The van der Waals surface area contributed by atoms with Crippen molar-refractivity contribution in [3.8, 4) is 22.0 Å². The molecule has 0 spiro atoms. The van der Waals surface area contributed by atoms with Crippen molar-refractivity contribution >= 4 is 11.3 Å². The molecule has 0 saturated carbocycles. The van der Waals surface area contributed by atoms with Crippen molar-refractivity contribution in [2.75, 3.05) is 6.54 Å². The van der Waals surface area contributed by atoms with Crippen LogP contribution in [0.25, 0.3) is 22.0 Å². The highest BCUT2D eigenvalue weighted by Crippen LogP contribution is 2.35. The molecule has 3 aromatic rings. The van der Waals surface area contributed by atoms with Crippen LogP contribution in [0.3, 0.4) is 0 Å². The van der Waals surface area contributed by atoms with Gasteiger partial charge in [0.15, 0.2) is 10.8 Å². The van der Waals surface area contributed by atoms with E-state index in [1.807, 2.05) is 31.2 Å². The fourth-order valence-electron chi connectivity index (χ4n) is 2.16. The van der Waals surface area contributed by atoms with Gasteiger partial charge in [-0.25, -0.2) is 4.98 Å². The standard InChI is InChI=1S/C16H16N2OS/c1-11-8-10-19-15(11)16-18-14(13(20-16)7-9-17)12-5-3-2-4-6-12/h2-6,8,10H,7,9,17H2,1H3. The zero-order valence-electron chi connectivity index (χ0n) is 11.3. The van der Waals surface area contributed by atoms with Gasteiger partial charge in [0.25, 0.3) is 0 Å². The largest absolute Gasteiger partial charge is 0.462 e. The fraction of sp³-hybridized carbons (Fsp3) is 0.188. The number of hydrogen-bond donors (Lipinski definition) is 1. The minimum absolute atomic E-state index is 0.624. The molecule has 0 radical (unpaired) electrons. The Bertz CT molecular complexity index is 700. The Morgan fingerprint density at radius 2 is 2.00 bits per heavy atom. The maximum Gasteiger partial charge on any atom is 0.165 e. The first-order valence-electron chi connectivity index (χ1n) is 6.59. The molecule has 0 saturated heterocycles. The Morgan fingerprint density at radius 1 is 1.20 bits per heavy atom. The van der Waals surface area contributed by atoms with Gasteiger partial charge in [-0.05, 0) is 31.5 Å². The molecule has 3 nitrogen and oxygen atoms in total. The van der Waals surface area contributed by atoms with Gasteiger partial charge in [-0.2, -0.15) is 0 Å². The SMILES string of the molecule is Cc1ccoc1-c1nc(-c2ccccc2)c(CCN)s1. The molecule has 20 heavy (non-hydrogen) atoms. The first-order chi connectivity index (χ1) is 9.79. The fourth-order valence-corrected chi connectivity index (χ4v) is 3.31. The number of hydrogen-bond acceptors (Lipinski definition) is 4. The average molecular weight is 284 g/mol. The van der Waals surface area contributed by atoms with Crippen molar-refractivity contribution in [3.05, 3.63) is 53.1 Å². The number of nitrogens with zero attached hydrogens (tertiary/aromatic N) is 1. The van der Waals surface area contributed by atoms with E-state index in [-0.39, 0.29) is 0 Å². The summed E-state index contributed by atoms with van der Waals surface area (Å²) in [6, 6.07) is 12.2. The molecule has 4 heteroatoms. The minimum Gasteiger partial charge on any atom is -0.462 e. The Hall–Kier alpha value is -1.91. The summed E-state index contributed by atoms with van der Waals surface area (Å²) in [5.41, 5.74) is 8.98. The van der Waals surface area contributed by atoms with Gasteiger partial charge in [0, 0.05) is 10.4 Å². The van der Waals surface area contributed by atoms with E-state index in [1.54, 1.807) is 17.6 Å². The van der Waals surface area contributed by atoms with Crippen molar-refractivity contribution in [3.63, 3.8) is 0 Å². The van der Waals surface area contributed by atoms with E-state index >= 15 is 0 Å². The third-order valence-electron chi connectivity index (χ3n) is 3.17. The summed E-state index contributed by atoms with van der Waals surface area (Å²) in [6.45, 7) is 2.66. The molecule has 0 aliphatic carbocycles. The van der Waals surface area contributed by atoms with Crippen molar-refractivity contribution in [2.24, 2.45) is 5.73 Å². The molecule has 0 aliphatic heterocycles. The van der Waals surface area contributed by atoms with E-state index < -0.39 is 0 Å². The molecule has 0 aliphatic rings. The van der Waals surface area contributed by atoms with Crippen LogP contribution in [0.1, 0.15) is 10.4 Å². The summed E-state index contributed by atoms with van der Waals surface area (Å²) >= 11 is 1.67. The van der Waals surface area contributed by atoms with E-state index in [2.05, 4.69) is 12.1 Å². The molecule has 0 atom stereocenters. The predicted molar refractivity (Wildman–Crippen MR) is 82.7 cm³/mol. The Balaban J connectivity index is 2.10. The van der Waals surface area contributed by atoms with Gasteiger partial charge < -0.3 is 10.2 Å². The van der Waals surface area contributed by atoms with Crippen molar-refractivity contribution in [2.45, 2.75) is 13.3 Å². The van der Waals surface area contributed by atoms with Crippen LogP contribution < -0.4 is 5.73 Å². The van der Waals surface area contributed by atoms with Crippen LogP contribution in [0, 0.1) is 6.92 Å². The van der Waals surface area contributed by atoms with E-state index in [0.29, 0.717) is 6.54 Å². The highest BCUT2D eigenvalue weighted by Gasteiger charge is 2.16. The molecule has 102 valence electrons. The molecular weight excluding hydrogens is 268 g/mol. The first-order valence-corrected chi connectivity index (χ1v) is 7.41. The van der Waals surface area contributed by atoms with Gasteiger partial charge in [-0.15, -0.1) is 11.3 Å². The quantitative estimate of drug-likeness (QED) is 0.791. The van der Waals surface area contributed by atoms with Crippen LogP contribution in [0.15, 0.2) is 47.1 Å². The van der Waals surface area contributed by atoms with E-state index in [4.69, 9.17) is 15.1 Å². The maximum absolute atomic E-state index is 5.72. The van der Waals surface area contributed by atoms with Crippen LogP contribution in [0.5, 0.6) is 0 Å². The molecule has 0 amide bonds. The highest BCUT2D eigenvalue weighted by atomic mass is 32.1. The molecule has 0 unspecified atom stereocenters. The molecule has 1 aromatic carbocycles. The molecule has 0 bridgehead atoms. The summed E-state index contributed by atoms with van der Waals surface area (Å²) in [4.78, 5) is 5.98. The van der Waals surface area contributed by atoms with Gasteiger partial charge in [0.1, 0.15) is 0 Å². The molecular formula is C16H16N2OS. The minimum atomic E-state index is 0.624. The van der Waals surface area contributed by atoms with Crippen LogP contribution in [0.2, 0.25) is 0 Å². The summed E-state index contributed by atoms with van der Waals surface area (Å²) in [5, 5.41) is 0.926. The molecule has 3 rings (SSSR count). The maximum atomic E-state index is 5.72. The zero-order chi connectivity index (χ0) is 13.9. The van der Waals surface area contributed by atoms with E-state index in [1.165, 1.54) is 4.88 Å². The number of furan rings is 1. The molecule has 2 aromatic heterocycles. The lowest BCUT2D eigenvalue weighted by atomic mass is 10.1. The number of rotatable bonds is 4.